The Morgan fingerprint density at radius 1 is 1.36 bits per heavy atom. The van der Waals surface area contributed by atoms with Gasteiger partial charge in [-0.3, -0.25) is 4.79 Å². The summed E-state index contributed by atoms with van der Waals surface area (Å²) in [5.41, 5.74) is 9.01. The molecule has 1 aliphatic rings. The van der Waals surface area contributed by atoms with Crippen molar-refractivity contribution in [3.05, 3.63) is 33.3 Å². The van der Waals surface area contributed by atoms with E-state index >= 15 is 0 Å². The largest absolute Gasteiger partial charge is 0.369 e. The molecule has 14 heavy (non-hydrogen) atoms. The highest BCUT2D eigenvalue weighted by Crippen LogP contribution is 2.31. The number of halogens is 1. The summed E-state index contributed by atoms with van der Waals surface area (Å²) in [4.78, 5) is 10.9. The molecule has 0 spiro atoms. The summed E-state index contributed by atoms with van der Waals surface area (Å²) >= 11 is 3.53. The Morgan fingerprint density at radius 3 is 2.79 bits per heavy atom. The Balaban J connectivity index is 2.43. The highest BCUT2D eigenvalue weighted by atomic mass is 79.9. The van der Waals surface area contributed by atoms with E-state index in [0.717, 1.165) is 18.4 Å². The van der Waals surface area contributed by atoms with Gasteiger partial charge in [0.05, 0.1) is 6.42 Å². The first-order chi connectivity index (χ1) is 6.68. The summed E-state index contributed by atoms with van der Waals surface area (Å²) in [6, 6.07) is 4.02. The van der Waals surface area contributed by atoms with Crippen LogP contribution in [0.25, 0.3) is 0 Å². The molecule has 0 atom stereocenters. The molecule has 2 nitrogen and oxygen atoms in total. The van der Waals surface area contributed by atoms with Crippen molar-refractivity contribution in [2.75, 3.05) is 0 Å². The van der Waals surface area contributed by atoms with Crippen LogP contribution in [0.1, 0.15) is 23.1 Å². The van der Waals surface area contributed by atoms with Crippen LogP contribution in [0.3, 0.4) is 0 Å². The molecule has 1 amide bonds. The fourth-order valence-electron chi connectivity index (χ4n) is 2.09. The third kappa shape index (κ3) is 1.69. The van der Waals surface area contributed by atoms with Gasteiger partial charge in [-0.2, -0.15) is 0 Å². The summed E-state index contributed by atoms with van der Waals surface area (Å²) in [5.74, 6) is -0.249. The Morgan fingerprint density at radius 2 is 2.07 bits per heavy atom. The summed E-state index contributed by atoms with van der Waals surface area (Å²) in [6.07, 6.45) is 3.75. The second kappa shape index (κ2) is 3.73. The van der Waals surface area contributed by atoms with Gasteiger partial charge < -0.3 is 5.73 Å². The van der Waals surface area contributed by atoms with Crippen molar-refractivity contribution in [2.45, 2.75) is 25.7 Å². The maximum atomic E-state index is 10.9. The SMILES string of the molecule is NC(=O)Cc1ccc(Br)c2c1CCC2. The fourth-order valence-corrected chi connectivity index (χ4v) is 2.66. The van der Waals surface area contributed by atoms with Crippen LogP contribution < -0.4 is 5.73 Å². The molecule has 3 heteroatoms. The number of carbonyl (C=O) groups is 1. The molecule has 0 aliphatic heterocycles. The number of rotatable bonds is 2. The quantitative estimate of drug-likeness (QED) is 0.861. The van der Waals surface area contributed by atoms with E-state index in [-0.39, 0.29) is 5.91 Å². The van der Waals surface area contributed by atoms with Crippen molar-refractivity contribution in [3.8, 4) is 0 Å². The monoisotopic (exact) mass is 253 g/mol. The number of benzene rings is 1. The van der Waals surface area contributed by atoms with E-state index in [1.54, 1.807) is 0 Å². The lowest BCUT2D eigenvalue weighted by Gasteiger charge is -2.08. The highest BCUT2D eigenvalue weighted by Gasteiger charge is 2.17. The van der Waals surface area contributed by atoms with Crippen LogP contribution in [-0.4, -0.2) is 5.91 Å². The van der Waals surface area contributed by atoms with Gasteiger partial charge >= 0.3 is 0 Å². The topological polar surface area (TPSA) is 43.1 Å². The van der Waals surface area contributed by atoms with E-state index in [4.69, 9.17) is 5.73 Å². The van der Waals surface area contributed by atoms with Crippen LogP contribution in [-0.2, 0) is 24.1 Å². The number of primary amides is 1. The van der Waals surface area contributed by atoms with E-state index in [1.807, 2.05) is 12.1 Å². The van der Waals surface area contributed by atoms with Crippen molar-refractivity contribution in [2.24, 2.45) is 5.73 Å². The molecule has 0 unspecified atom stereocenters. The zero-order valence-corrected chi connectivity index (χ0v) is 9.43. The molecule has 2 N–H and O–H groups in total. The second-order valence-corrected chi connectivity index (χ2v) is 4.51. The Kier molecular flexibility index (Phi) is 2.59. The molecule has 0 saturated heterocycles. The molecule has 74 valence electrons. The van der Waals surface area contributed by atoms with Gasteiger partial charge in [0.15, 0.2) is 0 Å². The smallest absolute Gasteiger partial charge is 0.221 e. The Labute approximate surface area is 91.6 Å². The van der Waals surface area contributed by atoms with Crippen molar-refractivity contribution < 1.29 is 4.79 Å². The van der Waals surface area contributed by atoms with Crippen molar-refractivity contribution in [1.82, 2.24) is 0 Å². The molecular weight excluding hydrogens is 242 g/mol. The molecule has 1 aliphatic carbocycles. The molecule has 0 radical (unpaired) electrons. The number of carbonyl (C=O) groups excluding carboxylic acids is 1. The normalized spacial score (nSPS) is 14.1. The van der Waals surface area contributed by atoms with Crippen molar-refractivity contribution in [3.63, 3.8) is 0 Å². The van der Waals surface area contributed by atoms with Gasteiger partial charge in [-0.1, -0.05) is 22.0 Å². The molecule has 0 bridgehead atoms. The van der Waals surface area contributed by atoms with Crippen molar-refractivity contribution in [1.29, 1.82) is 0 Å². The minimum atomic E-state index is -0.249. The molecule has 0 fully saturated rings. The maximum Gasteiger partial charge on any atom is 0.221 e. The predicted molar refractivity (Wildman–Crippen MR) is 59.1 cm³/mol. The predicted octanol–water partition coefficient (Wildman–Crippen LogP) is 1.97. The molecule has 0 aromatic heterocycles. The van der Waals surface area contributed by atoms with Crippen LogP contribution in [0.4, 0.5) is 0 Å². The number of hydrogen-bond donors (Lipinski definition) is 1. The van der Waals surface area contributed by atoms with E-state index < -0.39 is 0 Å². The van der Waals surface area contributed by atoms with Gasteiger partial charge in [0.25, 0.3) is 0 Å². The Bertz CT molecular complexity index is 387. The van der Waals surface area contributed by atoms with Crippen LogP contribution in [0.5, 0.6) is 0 Å². The average Bonchev–Trinajstić information content (AvgIpc) is 2.58. The molecule has 2 rings (SSSR count). The minimum absolute atomic E-state index is 0.249. The first-order valence-corrected chi connectivity index (χ1v) is 5.55. The average molecular weight is 254 g/mol. The van der Waals surface area contributed by atoms with Crippen LogP contribution in [0.2, 0.25) is 0 Å². The number of fused-ring (bicyclic) bond motifs is 1. The number of hydrogen-bond acceptors (Lipinski definition) is 1. The molecule has 1 aromatic carbocycles. The minimum Gasteiger partial charge on any atom is -0.369 e. The van der Waals surface area contributed by atoms with Gasteiger partial charge in [0, 0.05) is 4.47 Å². The van der Waals surface area contributed by atoms with Crippen LogP contribution >= 0.6 is 15.9 Å². The molecular formula is C11H12BrNO. The standard InChI is InChI=1S/C11H12BrNO/c12-10-5-4-7(6-11(13)14)8-2-1-3-9(8)10/h4-5H,1-3,6H2,(H2,13,14). The Hall–Kier alpha value is -0.830. The van der Waals surface area contributed by atoms with Gasteiger partial charge in [0.2, 0.25) is 5.91 Å². The fraction of sp³-hybridized carbons (Fsp3) is 0.364. The zero-order valence-electron chi connectivity index (χ0n) is 7.85. The van der Waals surface area contributed by atoms with Gasteiger partial charge in [-0.05, 0) is 42.0 Å². The van der Waals surface area contributed by atoms with Gasteiger partial charge in [-0.25, -0.2) is 0 Å². The van der Waals surface area contributed by atoms with Gasteiger partial charge in [0.1, 0.15) is 0 Å². The first-order valence-electron chi connectivity index (χ1n) is 4.76. The van der Waals surface area contributed by atoms with E-state index in [1.165, 1.54) is 22.0 Å². The highest BCUT2D eigenvalue weighted by molar-refractivity contribution is 9.10. The lowest BCUT2D eigenvalue weighted by molar-refractivity contribution is -0.117. The second-order valence-electron chi connectivity index (χ2n) is 3.66. The summed E-state index contributed by atoms with van der Waals surface area (Å²) in [6.45, 7) is 0. The van der Waals surface area contributed by atoms with Gasteiger partial charge in [-0.15, -0.1) is 0 Å². The number of nitrogens with two attached hydrogens (primary N) is 1. The van der Waals surface area contributed by atoms with E-state index in [9.17, 15) is 4.79 Å². The lowest BCUT2D eigenvalue weighted by atomic mass is 10.0. The maximum absolute atomic E-state index is 10.9. The summed E-state index contributed by atoms with van der Waals surface area (Å²) in [7, 11) is 0. The van der Waals surface area contributed by atoms with Crippen LogP contribution in [0.15, 0.2) is 16.6 Å². The number of amides is 1. The third-order valence-electron chi connectivity index (χ3n) is 2.69. The van der Waals surface area contributed by atoms with E-state index in [0.29, 0.717) is 6.42 Å². The summed E-state index contributed by atoms with van der Waals surface area (Å²) < 4.78 is 1.17. The molecule has 0 saturated carbocycles. The van der Waals surface area contributed by atoms with Crippen molar-refractivity contribution >= 4 is 21.8 Å². The lowest BCUT2D eigenvalue weighted by Crippen LogP contribution is -2.14. The van der Waals surface area contributed by atoms with E-state index in [2.05, 4.69) is 15.9 Å². The summed E-state index contributed by atoms with van der Waals surface area (Å²) in [5, 5.41) is 0. The van der Waals surface area contributed by atoms with Crippen LogP contribution in [0, 0.1) is 0 Å². The first kappa shape index (κ1) is 9.71. The third-order valence-corrected chi connectivity index (χ3v) is 3.43. The molecule has 0 heterocycles. The zero-order chi connectivity index (χ0) is 10.1. The molecule has 1 aromatic rings.